The average molecular weight is 204 g/mol. The maximum atomic E-state index is 10.9. The van der Waals surface area contributed by atoms with Crippen molar-refractivity contribution in [3.63, 3.8) is 0 Å². The molecule has 0 spiro atoms. The Morgan fingerprint density at radius 1 is 1.36 bits per heavy atom. The highest BCUT2D eigenvalue weighted by Crippen LogP contribution is 1.92. The lowest BCUT2D eigenvalue weighted by Crippen LogP contribution is -2.21. The van der Waals surface area contributed by atoms with E-state index in [0.717, 1.165) is 0 Å². The van der Waals surface area contributed by atoms with E-state index in [0.29, 0.717) is 0 Å². The van der Waals surface area contributed by atoms with Crippen LogP contribution in [-0.4, -0.2) is 29.6 Å². The zero-order valence-electron chi connectivity index (χ0n) is 8.89. The molecule has 0 amide bonds. The van der Waals surface area contributed by atoms with E-state index in [1.165, 1.54) is 0 Å². The van der Waals surface area contributed by atoms with Gasteiger partial charge in [0.05, 0.1) is 6.10 Å². The molecule has 0 aliphatic heterocycles. The van der Waals surface area contributed by atoms with Gasteiger partial charge in [0.2, 0.25) is 5.28 Å². The summed E-state index contributed by atoms with van der Waals surface area (Å²) in [5.41, 5.74) is 0. The second-order valence-electron chi connectivity index (χ2n) is 3.28. The van der Waals surface area contributed by atoms with E-state index >= 15 is 0 Å². The van der Waals surface area contributed by atoms with Crippen LogP contribution in [0, 0.1) is 5.21 Å². The first-order chi connectivity index (χ1) is 6.41. The molecule has 0 atom stereocenters. The zero-order chi connectivity index (χ0) is 11.1. The predicted molar refractivity (Wildman–Crippen MR) is 48.4 cm³/mol. The highest BCUT2D eigenvalue weighted by Gasteiger charge is 2.11. The number of esters is 1. The van der Waals surface area contributed by atoms with Crippen LogP contribution in [0.25, 0.3) is 0 Å². The van der Waals surface area contributed by atoms with Gasteiger partial charge in [-0.2, -0.15) is 0 Å². The third-order valence-corrected chi connectivity index (χ3v) is 0.981. The van der Waals surface area contributed by atoms with Gasteiger partial charge in [-0.05, 0) is 32.6 Å². The summed E-state index contributed by atoms with van der Waals surface area (Å²) in [7, 11) is 0. The third kappa shape index (κ3) is 7.33. The van der Waals surface area contributed by atoms with Crippen LogP contribution in [0.2, 0.25) is 0 Å². The first-order valence-corrected chi connectivity index (χ1v) is 4.42. The monoisotopic (exact) mass is 204 g/mol. The quantitative estimate of drug-likeness (QED) is 0.292. The normalized spacial score (nSPS) is 12.0. The Morgan fingerprint density at radius 3 is 2.36 bits per heavy atom. The lowest BCUT2D eigenvalue weighted by Gasteiger charge is -2.06. The summed E-state index contributed by atoms with van der Waals surface area (Å²) >= 11 is 0. The molecule has 6 nitrogen and oxygen atoms in total. The summed E-state index contributed by atoms with van der Waals surface area (Å²) in [6.45, 7) is 6.40. The zero-order valence-corrected chi connectivity index (χ0v) is 8.89. The summed E-state index contributed by atoms with van der Waals surface area (Å²) in [6.07, 6.45) is -0.422. The number of hydrogen-bond acceptors (Lipinski definition) is 5. The Labute approximate surface area is 83.0 Å². The van der Waals surface area contributed by atoms with Crippen LogP contribution >= 0.6 is 0 Å². The average Bonchev–Trinajstić information content (AvgIpc) is 1.98. The second-order valence-corrected chi connectivity index (χ2v) is 3.28. The Hall–Kier alpha value is -1.33. The lowest BCUT2D eigenvalue weighted by atomic mass is 10.5. The standard InChI is InChI=1S/C8H16N2O4/c1-6(2)13-8(11)5-10(12)9-14-7(3)4/h6-7H,5H2,1-4H3/b10-9-. The van der Waals surface area contributed by atoms with Crippen molar-refractivity contribution in [3.05, 3.63) is 5.21 Å². The molecule has 0 bridgehead atoms. The minimum Gasteiger partial charge on any atom is -0.597 e. The molecule has 0 saturated carbocycles. The van der Waals surface area contributed by atoms with Crippen LogP contribution in [0.15, 0.2) is 5.28 Å². The molecule has 0 aliphatic rings. The number of carbonyl (C=O) groups is 1. The van der Waals surface area contributed by atoms with Crippen LogP contribution < -0.4 is 0 Å². The topological polar surface area (TPSA) is 74.0 Å². The van der Waals surface area contributed by atoms with E-state index in [4.69, 9.17) is 4.74 Å². The molecule has 6 heteroatoms. The van der Waals surface area contributed by atoms with E-state index < -0.39 is 12.5 Å². The Balaban J connectivity index is 3.86. The van der Waals surface area contributed by atoms with Gasteiger partial charge in [0, 0.05) is 0 Å². The van der Waals surface area contributed by atoms with Gasteiger partial charge in [-0.1, -0.05) is 0 Å². The van der Waals surface area contributed by atoms with E-state index in [1.54, 1.807) is 27.7 Å². The molecule has 0 aliphatic carbocycles. The number of rotatable bonds is 5. The molecule has 0 saturated heterocycles. The molecule has 0 unspecified atom stereocenters. The van der Waals surface area contributed by atoms with Crippen LogP contribution in [0.1, 0.15) is 27.7 Å². The summed E-state index contributed by atoms with van der Waals surface area (Å²) in [5.74, 6) is -0.619. The van der Waals surface area contributed by atoms with E-state index in [9.17, 15) is 10.0 Å². The van der Waals surface area contributed by atoms with Gasteiger partial charge in [-0.25, -0.2) is 4.79 Å². The van der Waals surface area contributed by atoms with Gasteiger partial charge in [-0.3, -0.25) is 0 Å². The van der Waals surface area contributed by atoms with E-state index in [-0.39, 0.29) is 17.1 Å². The summed E-state index contributed by atoms with van der Waals surface area (Å²) in [4.78, 5) is 15.7. The van der Waals surface area contributed by atoms with Crippen LogP contribution in [0.3, 0.4) is 0 Å². The molecule has 0 heterocycles. The predicted octanol–water partition coefficient (Wildman–Crippen LogP) is 1.24. The van der Waals surface area contributed by atoms with Gasteiger partial charge in [0.15, 0.2) is 0 Å². The number of ether oxygens (including phenoxy) is 1. The Kier molecular flexibility index (Phi) is 5.59. The van der Waals surface area contributed by atoms with Gasteiger partial charge < -0.3 is 14.8 Å². The summed E-state index contributed by atoms with van der Waals surface area (Å²) < 4.78 is 4.73. The fraction of sp³-hybridized carbons (Fsp3) is 0.875. The summed E-state index contributed by atoms with van der Waals surface area (Å²) in [6, 6.07) is 0. The molecule has 14 heavy (non-hydrogen) atoms. The van der Waals surface area contributed by atoms with Crippen molar-refractivity contribution in [2.45, 2.75) is 39.9 Å². The van der Waals surface area contributed by atoms with E-state index in [1.807, 2.05) is 0 Å². The van der Waals surface area contributed by atoms with Gasteiger partial charge >= 0.3 is 5.97 Å². The molecule has 82 valence electrons. The van der Waals surface area contributed by atoms with Crippen LogP contribution in [0.5, 0.6) is 0 Å². The number of carbonyl (C=O) groups excluding carboxylic acids is 1. The molecule has 0 aromatic heterocycles. The van der Waals surface area contributed by atoms with Crippen molar-refractivity contribution in [2.75, 3.05) is 6.54 Å². The fourth-order valence-electron chi connectivity index (χ4n) is 0.586. The maximum Gasteiger partial charge on any atom is 0.376 e. The number of nitrogens with zero attached hydrogens (tertiary/aromatic N) is 2. The van der Waals surface area contributed by atoms with Gasteiger partial charge in [0.1, 0.15) is 6.10 Å². The molecule has 0 aromatic rings. The number of hydrogen-bond donors (Lipinski definition) is 0. The Morgan fingerprint density at radius 2 is 1.93 bits per heavy atom. The van der Waals surface area contributed by atoms with Crippen LogP contribution in [-0.2, 0) is 14.4 Å². The van der Waals surface area contributed by atoms with Crippen molar-refractivity contribution in [1.29, 1.82) is 0 Å². The second kappa shape index (κ2) is 6.17. The van der Waals surface area contributed by atoms with Crippen molar-refractivity contribution in [3.8, 4) is 0 Å². The number of hydroxylamine groups is 1. The smallest absolute Gasteiger partial charge is 0.376 e. The van der Waals surface area contributed by atoms with Crippen molar-refractivity contribution >= 4 is 5.97 Å². The highest BCUT2D eigenvalue weighted by molar-refractivity contribution is 5.70. The van der Waals surface area contributed by atoms with E-state index in [2.05, 4.69) is 10.1 Å². The first kappa shape index (κ1) is 12.7. The molecular weight excluding hydrogens is 188 g/mol. The molecule has 0 fully saturated rings. The molecule has 0 radical (unpaired) electrons. The Bertz CT molecular complexity index is 213. The van der Waals surface area contributed by atoms with Crippen molar-refractivity contribution in [2.24, 2.45) is 5.28 Å². The van der Waals surface area contributed by atoms with Crippen molar-refractivity contribution < 1.29 is 19.2 Å². The summed E-state index contributed by atoms with van der Waals surface area (Å²) in [5, 5.41) is 14.0. The minimum atomic E-state index is -0.619. The molecule has 0 rings (SSSR count). The lowest BCUT2D eigenvalue weighted by molar-refractivity contribution is -0.551. The highest BCUT2D eigenvalue weighted by atomic mass is 16.7. The maximum absolute atomic E-state index is 10.9. The molecule has 0 N–H and O–H groups in total. The van der Waals surface area contributed by atoms with Gasteiger partial charge in [0.25, 0.3) is 6.54 Å². The van der Waals surface area contributed by atoms with Crippen LogP contribution in [0.4, 0.5) is 0 Å². The first-order valence-electron chi connectivity index (χ1n) is 4.42. The fourth-order valence-corrected chi connectivity index (χ4v) is 0.586. The largest absolute Gasteiger partial charge is 0.597 e. The SMILES string of the molecule is CC(C)O/N=[N+](\[O-])CC(=O)OC(C)C. The molecule has 0 aromatic carbocycles. The molecular formula is C8H16N2O4. The van der Waals surface area contributed by atoms with Crippen molar-refractivity contribution in [1.82, 2.24) is 0 Å². The van der Waals surface area contributed by atoms with Gasteiger partial charge in [-0.15, -0.1) is 0 Å². The minimum absolute atomic E-state index is 0.157. The third-order valence-electron chi connectivity index (χ3n) is 0.981.